The summed E-state index contributed by atoms with van der Waals surface area (Å²) in [4.78, 5) is 14.3. The van der Waals surface area contributed by atoms with Crippen LogP contribution in [0.4, 0.5) is 0 Å². The van der Waals surface area contributed by atoms with Crippen molar-refractivity contribution in [2.75, 3.05) is 6.61 Å². The molecule has 0 atom stereocenters. The molecule has 0 unspecified atom stereocenters. The maximum atomic E-state index is 8.74. The summed E-state index contributed by atoms with van der Waals surface area (Å²) in [5.41, 5.74) is 0. The second-order valence-corrected chi connectivity index (χ2v) is 14.2. The van der Waals surface area contributed by atoms with E-state index in [1.165, 1.54) is 0 Å². The Morgan fingerprint density at radius 1 is 1.44 bits per heavy atom. The van der Waals surface area contributed by atoms with Crippen LogP contribution in [0, 0.1) is 0 Å². The van der Waals surface area contributed by atoms with Crippen LogP contribution in [-0.2, 0) is 4.57 Å². The van der Waals surface area contributed by atoms with E-state index in [0.717, 1.165) is 92.0 Å². The van der Waals surface area contributed by atoms with Crippen molar-refractivity contribution in [3.63, 3.8) is 0 Å². The fourth-order valence-electron chi connectivity index (χ4n) is 0. The molecule has 9 heavy (non-hydrogen) atoms. The van der Waals surface area contributed by atoms with Crippen LogP contribution < -0.4 is 0 Å². The summed E-state index contributed by atoms with van der Waals surface area (Å²) >= 11 is 1.81. The standard InChI is InChI=1S/C2H4O.2K.H3O3P/c1-2-3;;;1-4(2)3/h1,3H,2H2;;;4H,(H2,1,2,3). The summed E-state index contributed by atoms with van der Waals surface area (Å²) in [6.07, 6.45) is 0. The van der Waals surface area contributed by atoms with Crippen molar-refractivity contribution in [1.82, 2.24) is 0 Å². The molecule has 7 heteroatoms. The molecular weight excluding hydrogens is 197 g/mol. The molecule has 0 saturated heterocycles. The molecule has 46 valence electrons. The Hall–Kier alpha value is 3.38. The third kappa shape index (κ3) is 34.6. The molecular formula is C2H7K2O4P. The molecule has 0 spiro atoms. The normalized spacial score (nSPS) is 9.44. The number of aliphatic hydroxyl groups excluding tert-OH is 1. The summed E-state index contributed by atoms with van der Waals surface area (Å²) in [7, 11) is -3.13. The Labute approximate surface area is 123 Å². The van der Waals surface area contributed by atoms with Gasteiger partial charge in [0.15, 0.2) is 0 Å². The van der Waals surface area contributed by atoms with Gasteiger partial charge < -0.3 is 9.79 Å². The summed E-state index contributed by atoms with van der Waals surface area (Å²) in [6.45, 7) is 0.472. The van der Waals surface area contributed by atoms with Gasteiger partial charge in [-0.05, 0) is 0 Å². The van der Waals surface area contributed by atoms with Crippen molar-refractivity contribution in [2.45, 2.75) is -5.89 Å². The molecule has 0 bridgehead atoms. The monoisotopic (exact) mass is 204 g/mol. The molecule has 0 aliphatic heterocycles. The summed E-state index contributed by atoms with van der Waals surface area (Å²) in [6, 6.07) is 0. The minimum absolute atomic E-state index is 0.472. The van der Waals surface area contributed by atoms with Crippen molar-refractivity contribution < 1.29 is 19.5 Å². The molecule has 0 saturated carbocycles. The third-order valence-electron chi connectivity index (χ3n) is 0.365. The Morgan fingerprint density at radius 2 is 1.56 bits per heavy atom. The third-order valence-corrected chi connectivity index (χ3v) is 1.51. The number of hydrogen-bond acceptors (Lipinski definition) is 2. The first-order chi connectivity index (χ1) is 4.00. The van der Waals surface area contributed by atoms with Gasteiger partial charge in [-0.25, -0.2) is 0 Å². The fraction of sp³-hybridized carbons (Fsp3) is 1.00. The van der Waals surface area contributed by atoms with Crippen LogP contribution in [0.1, 0.15) is 0 Å². The zero-order valence-electron chi connectivity index (χ0n) is 5.53. The van der Waals surface area contributed by atoms with Crippen molar-refractivity contribution in [3.8, 4) is 0 Å². The summed E-state index contributed by atoms with van der Waals surface area (Å²) in [5, 5.41) is 8.24. The van der Waals surface area contributed by atoms with Crippen LogP contribution in [0.5, 0.6) is 0 Å². The van der Waals surface area contributed by atoms with Crippen molar-refractivity contribution >= 4 is 106 Å². The van der Waals surface area contributed by atoms with Gasteiger partial charge in [-0.2, -0.15) is 0 Å². The summed E-state index contributed by atoms with van der Waals surface area (Å²) < 4.78 is 9.56. The number of rotatable bonds is 1. The first kappa shape index (κ1) is 14.9. The van der Waals surface area contributed by atoms with E-state index in [0.29, 0.717) is 6.61 Å². The molecule has 0 amide bonds. The first-order valence-electron chi connectivity index (χ1n) is 2.53. The Morgan fingerprint density at radius 3 is 1.56 bits per heavy atom. The van der Waals surface area contributed by atoms with E-state index in [1.54, 1.807) is 0 Å². The zero-order valence-corrected chi connectivity index (χ0v) is 12.8. The van der Waals surface area contributed by atoms with E-state index in [4.69, 9.17) is 19.5 Å². The predicted octanol–water partition coefficient (Wildman–Crippen LogP) is -1.58. The zero-order chi connectivity index (χ0) is 7.86. The number of hydrogen-bond donors (Lipinski definition) is 3. The van der Waals surface area contributed by atoms with Crippen LogP contribution in [0.3, 0.4) is 0 Å². The van der Waals surface area contributed by atoms with Gasteiger partial charge in [-0.15, -0.1) is 0 Å². The quantitative estimate of drug-likeness (QED) is 0.356. The van der Waals surface area contributed by atoms with Crippen molar-refractivity contribution in [1.29, 1.82) is 0 Å². The molecule has 0 rings (SSSR count). The van der Waals surface area contributed by atoms with E-state index >= 15 is 0 Å². The minimum atomic E-state index is -3.13. The van der Waals surface area contributed by atoms with Gasteiger partial charge in [0.2, 0.25) is 0 Å². The average Bonchev–Trinajstić information content (AvgIpc) is 1.65. The van der Waals surface area contributed by atoms with Gasteiger partial charge in [0.05, 0.1) is 0 Å². The molecule has 0 aromatic heterocycles. The molecule has 4 nitrogen and oxygen atoms in total. The molecule has 0 aromatic rings. The molecule has 0 aliphatic rings. The van der Waals surface area contributed by atoms with E-state index < -0.39 is 8.25 Å². The van der Waals surface area contributed by atoms with Crippen LogP contribution >= 0.6 is 8.25 Å². The van der Waals surface area contributed by atoms with Crippen molar-refractivity contribution in [2.24, 2.45) is 0 Å². The average molecular weight is 204 g/mol. The van der Waals surface area contributed by atoms with Crippen LogP contribution in [0.2, 0.25) is -5.89 Å². The predicted molar refractivity (Wildman–Crippen MR) is 35.8 cm³/mol. The van der Waals surface area contributed by atoms with Crippen LogP contribution in [0.25, 0.3) is 0 Å². The van der Waals surface area contributed by atoms with Crippen molar-refractivity contribution in [3.05, 3.63) is 0 Å². The molecule has 0 fully saturated rings. The van der Waals surface area contributed by atoms with Gasteiger partial charge >= 0.3 is 112 Å². The Bertz CT molecular complexity index is 73.0. The van der Waals surface area contributed by atoms with Gasteiger partial charge in [-0.3, -0.25) is 4.57 Å². The van der Waals surface area contributed by atoms with Gasteiger partial charge in [0.1, 0.15) is 0 Å². The molecule has 0 heterocycles. The van der Waals surface area contributed by atoms with Gasteiger partial charge in [0, 0.05) is 0 Å². The molecule has 0 aromatic carbocycles. The molecule has 0 aliphatic carbocycles. The Balaban J connectivity index is 0. The summed E-state index contributed by atoms with van der Waals surface area (Å²) in [5.74, 6) is 0. The fourth-order valence-corrected chi connectivity index (χ4v) is 0. The Kier molecular flexibility index (Phi) is 18.8. The SMILES string of the molecule is O=[PH](O)O.OC[CH]([K])[K]. The number of aliphatic hydroxyl groups is 1. The van der Waals surface area contributed by atoms with Gasteiger partial charge in [-0.1, -0.05) is 0 Å². The van der Waals surface area contributed by atoms with E-state index in [9.17, 15) is 0 Å². The maximum absolute atomic E-state index is 8.74. The molecule has 3 N–H and O–H groups in total. The van der Waals surface area contributed by atoms with Gasteiger partial charge in [0.25, 0.3) is 0 Å². The first-order valence-corrected chi connectivity index (χ1v) is 7.44. The topological polar surface area (TPSA) is 77.8 Å². The second-order valence-electron chi connectivity index (χ2n) is 1.86. The second kappa shape index (κ2) is 11.4. The van der Waals surface area contributed by atoms with E-state index in [2.05, 4.69) is 0 Å². The van der Waals surface area contributed by atoms with Crippen LogP contribution in [-0.4, -0.2) is 119 Å². The van der Waals surface area contributed by atoms with E-state index in [-0.39, 0.29) is 0 Å². The van der Waals surface area contributed by atoms with Crippen LogP contribution in [0.15, 0.2) is 0 Å². The van der Waals surface area contributed by atoms with E-state index in [1.807, 2.05) is 0 Å². The molecule has 0 radical (unpaired) electrons.